The molecular formula is C17H17N7O. The standard InChI is InChI=1S/C17H17N7O/c1-12-4-3-5-13(10-12)11-19-23-16-20-15(14-6-8-18-9-7-14)21-17(22-16)24-25-2/h3-11H,1-2H3,(H2,20,21,22,23,24). The molecule has 0 bridgehead atoms. The van der Waals surface area contributed by atoms with Crippen molar-refractivity contribution >= 4 is 18.1 Å². The lowest BCUT2D eigenvalue weighted by atomic mass is 10.2. The van der Waals surface area contributed by atoms with E-state index < -0.39 is 0 Å². The van der Waals surface area contributed by atoms with Crippen molar-refractivity contribution < 1.29 is 4.84 Å². The Hall–Kier alpha value is -3.39. The highest BCUT2D eigenvalue weighted by Gasteiger charge is 2.08. The van der Waals surface area contributed by atoms with Gasteiger partial charge in [-0.15, -0.1) is 0 Å². The molecule has 0 radical (unpaired) electrons. The Morgan fingerprint density at radius 3 is 2.60 bits per heavy atom. The molecule has 2 aromatic heterocycles. The van der Waals surface area contributed by atoms with Gasteiger partial charge in [0.2, 0.25) is 5.95 Å². The number of pyridine rings is 1. The summed E-state index contributed by atoms with van der Waals surface area (Å²) in [5.74, 6) is 1.05. The molecule has 2 N–H and O–H groups in total. The topological polar surface area (TPSA) is 97.2 Å². The summed E-state index contributed by atoms with van der Waals surface area (Å²) in [6.07, 6.45) is 5.05. The molecule has 0 saturated heterocycles. The molecule has 0 aliphatic heterocycles. The van der Waals surface area contributed by atoms with Crippen molar-refractivity contribution in [3.63, 3.8) is 0 Å². The van der Waals surface area contributed by atoms with Crippen molar-refractivity contribution in [3.05, 3.63) is 59.9 Å². The van der Waals surface area contributed by atoms with Crippen LogP contribution in [0.4, 0.5) is 11.9 Å². The van der Waals surface area contributed by atoms with Crippen LogP contribution in [0, 0.1) is 6.92 Å². The van der Waals surface area contributed by atoms with Crippen LogP contribution in [-0.2, 0) is 4.84 Å². The van der Waals surface area contributed by atoms with Gasteiger partial charge in [0.25, 0.3) is 5.95 Å². The molecule has 3 aromatic rings. The Morgan fingerprint density at radius 1 is 1.04 bits per heavy atom. The maximum atomic E-state index is 4.88. The van der Waals surface area contributed by atoms with E-state index in [2.05, 4.69) is 35.9 Å². The molecule has 0 amide bonds. The van der Waals surface area contributed by atoms with Gasteiger partial charge in [0.15, 0.2) is 5.82 Å². The predicted octanol–water partition coefficient (Wildman–Crippen LogP) is 2.66. The number of nitrogens with one attached hydrogen (secondary N) is 2. The van der Waals surface area contributed by atoms with E-state index in [9.17, 15) is 0 Å². The molecule has 0 spiro atoms. The van der Waals surface area contributed by atoms with Gasteiger partial charge in [-0.3, -0.25) is 9.82 Å². The number of anilines is 2. The van der Waals surface area contributed by atoms with E-state index in [4.69, 9.17) is 4.84 Å². The number of aryl methyl sites for hydroxylation is 1. The van der Waals surface area contributed by atoms with E-state index in [0.717, 1.165) is 16.7 Å². The minimum Gasteiger partial charge on any atom is -0.277 e. The smallest absolute Gasteiger partial charge is 0.252 e. The number of benzene rings is 1. The molecule has 0 fully saturated rings. The first-order valence-electron chi connectivity index (χ1n) is 7.56. The largest absolute Gasteiger partial charge is 0.277 e. The van der Waals surface area contributed by atoms with Crippen LogP contribution in [0.15, 0.2) is 53.9 Å². The van der Waals surface area contributed by atoms with Crippen LogP contribution < -0.4 is 10.9 Å². The van der Waals surface area contributed by atoms with E-state index in [0.29, 0.717) is 11.8 Å². The highest BCUT2D eigenvalue weighted by atomic mass is 16.6. The first kappa shape index (κ1) is 16.5. The fraction of sp³-hybridized carbons (Fsp3) is 0.118. The second-order valence-electron chi connectivity index (χ2n) is 5.13. The lowest BCUT2D eigenvalue weighted by molar-refractivity contribution is 0.267. The van der Waals surface area contributed by atoms with Gasteiger partial charge >= 0.3 is 0 Å². The van der Waals surface area contributed by atoms with Gasteiger partial charge in [0.1, 0.15) is 0 Å². The lowest BCUT2D eigenvalue weighted by Gasteiger charge is -2.07. The van der Waals surface area contributed by atoms with E-state index in [-0.39, 0.29) is 5.95 Å². The molecule has 3 rings (SSSR count). The zero-order valence-corrected chi connectivity index (χ0v) is 13.8. The maximum Gasteiger partial charge on any atom is 0.252 e. The van der Waals surface area contributed by atoms with Crippen molar-refractivity contribution in [2.75, 3.05) is 18.0 Å². The Kier molecular flexibility index (Phi) is 5.22. The lowest BCUT2D eigenvalue weighted by Crippen LogP contribution is -2.07. The van der Waals surface area contributed by atoms with Gasteiger partial charge < -0.3 is 0 Å². The summed E-state index contributed by atoms with van der Waals surface area (Å²) < 4.78 is 0. The van der Waals surface area contributed by atoms with Gasteiger partial charge in [0.05, 0.1) is 13.3 Å². The molecule has 0 atom stereocenters. The Balaban J connectivity index is 1.83. The van der Waals surface area contributed by atoms with E-state index in [1.165, 1.54) is 7.11 Å². The minimum atomic E-state index is 0.276. The number of hydrogen-bond donors (Lipinski definition) is 2. The van der Waals surface area contributed by atoms with Crippen LogP contribution in [0.2, 0.25) is 0 Å². The molecule has 0 unspecified atom stereocenters. The van der Waals surface area contributed by atoms with Crippen molar-refractivity contribution in [2.45, 2.75) is 6.92 Å². The molecule has 2 heterocycles. The van der Waals surface area contributed by atoms with Crippen molar-refractivity contribution in [1.82, 2.24) is 19.9 Å². The van der Waals surface area contributed by atoms with Gasteiger partial charge in [-0.25, -0.2) is 10.9 Å². The number of aromatic nitrogens is 4. The van der Waals surface area contributed by atoms with E-state index in [1.807, 2.05) is 43.3 Å². The fourth-order valence-corrected chi connectivity index (χ4v) is 2.11. The molecule has 1 aromatic carbocycles. The molecule has 25 heavy (non-hydrogen) atoms. The first-order valence-corrected chi connectivity index (χ1v) is 7.56. The monoisotopic (exact) mass is 335 g/mol. The Bertz CT molecular complexity index is 868. The minimum absolute atomic E-state index is 0.276. The van der Waals surface area contributed by atoms with Crippen LogP contribution in [0.1, 0.15) is 11.1 Å². The molecule has 8 nitrogen and oxygen atoms in total. The second-order valence-corrected chi connectivity index (χ2v) is 5.13. The van der Waals surface area contributed by atoms with Crippen LogP contribution in [0.3, 0.4) is 0 Å². The summed E-state index contributed by atoms with van der Waals surface area (Å²) >= 11 is 0. The number of rotatable bonds is 6. The highest BCUT2D eigenvalue weighted by molar-refractivity contribution is 5.80. The van der Waals surface area contributed by atoms with Crippen LogP contribution >= 0.6 is 0 Å². The zero-order chi connectivity index (χ0) is 17.5. The Labute approximate surface area is 145 Å². The fourth-order valence-electron chi connectivity index (χ4n) is 2.11. The van der Waals surface area contributed by atoms with Gasteiger partial charge in [0, 0.05) is 18.0 Å². The third-order valence-electron chi connectivity index (χ3n) is 3.19. The summed E-state index contributed by atoms with van der Waals surface area (Å²) in [5, 5.41) is 4.18. The Morgan fingerprint density at radius 2 is 1.84 bits per heavy atom. The summed E-state index contributed by atoms with van der Waals surface area (Å²) in [6, 6.07) is 11.6. The third-order valence-corrected chi connectivity index (χ3v) is 3.19. The molecule has 8 heteroatoms. The third kappa shape index (κ3) is 4.55. The quantitative estimate of drug-likeness (QED) is 0.528. The predicted molar refractivity (Wildman–Crippen MR) is 96.1 cm³/mol. The maximum absolute atomic E-state index is 4.88. The van der Waals surface area contributed by atoms with Gasteiger partial charge in [-0.05, 0) is 24.6 Å². The average Bonchev–Trinajstić information content (AvgIpc) is 2.63. The molecule has 126 valence electrons. The summed E-state index contributed by atoms with van der Waals surface area (Å²) in [6.45, 7) is 2.03. The normalized spacial score (nSPS) is 10.8. The highest BCUT2D eigenvalue weighted by Crippen LogP contribution is 2.16. The molecule has 0 aliphatic carbocycles. The van der Waals surface area contributed by atoms with Crippen molar-refractivity contribution in [1.29, 1.82) is 0 Å². The number of nitrogens with zero attached hydrogens (tertiary/aromatic N) is 5. The van der Waals surface area contributed by atoms with Gasteiger partial charge in [-0.1, -0.05) is 29.8 Å². The second kappa shape index (κ2) is 7.93. The zero-order valence-electron chi connectivity index (χ0n) is 13.8. The van der Waals surface area contributed by atoms with Crippen molar-refractivity contribution in [3.8, 4) is 11.4 Å². The van der Waals surface area contributed by atoms with Crippen LogP contribution in [-0.4, -0.2) is 33.3 Å². The summed E-state index contributed by atoms with van der Waals surface area (Å²) in [4.78, 5) is 21.7. The molecule has 0 aliphatic rings. The van der Waals surface area contributed by atoms with Crippen molar-refractivity contribution in [2.24, 2.45) is 5.10 Å². The SMILES string of the molecule is CONc1nc(NN=Cc2cccc(C)c2)nc(-c2ccncc2)n1. The van der Waals surface area contributed by atoms with Crippen LogP contribution in [0.25, 0.3) is 11.4 Å². The van der Waals surface area contributed by atoms with Crippen LogP contribution in [0.5, 0.6) is 0 Å². The number of hydrazone groups is 1. The molecular weight excluding hydrogens is 318 g/mol. The number of hydrogen-bond acceptors (Lipinski definition) is 8. The summed E-state index contributed by atoms with van der Waals surface area (Å²) in [5.41, 5.74) is 8.37. The first-order chi connectivity index (χ1) is 12.2. The van der Waals surface area contributed by atoms with E-state index >= 15 is 0 Å². The average molecular weight is 335 g/mol. The molecule has 0 saturated carbocycles. The van der Waals surface area contributed by atoms with E-state index in [1.54, 1.807) is 18.6 Å². The summed E-state index contributed by atoms with van der Waals surface area (Å²) in [7, 11) is 1.49. The van der Waals surface area contributed by atoms with Gasteiger partial charge in [-0.2, -0.15) is 20.1 Å².